The largest absolute Gasteiger partial charge is 0.491 e. The van der Waals surface area contributed by atoms with Gasteiger partial charge in [-0.3, -0.25) is 0 Å². The Hall–Kier alpha value is -1.38. The lowest BCUT2D eigenvalue weighted by Crippen LogP contribution is -2.34. The summed E-state index contributed by atoms with van der Waals surface area (Å²) in [6.45, 7) is 2.15. The Morgan fingerprint density at radius 1 is 0.793 bits per heavy atom. The van der Waals surface area contributed by atoms with E-state index in [0.717, 1.165) is 48.0 Å². The highest BCUT2D eigenvalue weighted by molar-refractivity contribution is 5.33. The van der Waals surface area contributed by atoms with E-state index in [9.17, 15) is 8.78 Å². The van der Waals surface area contributed by atoms with Gasteiger partial charge in [0.05, 0.1) is 7.11 Å². The van der Waals surface area contributed by atoms with E-state index in [1.54, 1.807) is 0 Å². The minimum Gasteiger partial charge on any atom is -0.491 e. The summed E-state index contributed by atoms with van der Waals surface area (Å²) in [6, 6.07) is 2.97. The van der Waals surface area contributed by atoms with Crippen LogP contribution in [0.4, 0.5) is 8.78 Å². The van der Waals surface area contributed by atoms with Crippen LogP contribution in [-0.4, -0.2) is 7.11 Å². The molecule has 4 unspecified atom stereocenters. The Bertz CT molecular complexity index is 696. The van der Waals surface area contributed by atoms with Crippen LogP contribution in [-0.2, 0) is 0 Å². The molecule has 1 aromatic rings. The average Bonchev–Trinajstić information content (AvgIpc) is 2.73. The molecule has 3 fully saturated rings. The highest BCUT2D eigenvalue weighted by atomic mass is 19.1. The van der Waals surface area contributed by atoms with Gasteiger partial charge in [0.25, 0.3) is 0 Å². The highest BCUT2D eigenvalue weighted by Gasteiger charge is 2.38. The molecule has 160 valence electrons. The summed E-state index contributed by atoms with van der Waals surface area (Å²) >= 11 is 0. The van der Waals surface area contributed by atoms with E-state index in [4.69, 9.17) is 4.74 Å². The van der Waals surface area contributed by atoms with Gasteiger partial charge in [0, 0.05) is 0 Å². The molecule has 0 spiro atoms. The van der Waals surface area contributed by atoms with Crippen molar-refractivity contribution in [2.45, 2.75) is 77.0 Å². The van der Waals surface area contributed by atoms with Crippen LogP contribution in [0.25, 0.3) is 0 Å². The third-order valence-electron chi connectivity index (χ3n) is 8.29. The zero-order valence-electron chi connectivity index (χ0n) is 18.0. The van der Waals surface area contributed by atoms with E-state index in [-0.39, 0.29) is 11.7 Å². The predicted octanol–water partition coefficient (Wildman–Crippen LogP) is 7.66. The van der Waals surface area contributed by atoms with Crippen LogP contribution in [0.3, 0.4) is 0 Å². The molecule has 29 heavy (non-hydrogen) atoms. The maximum absolute atomic E-state index is 14.1. The van der Waals surface area contributed by atoms with Gasteiger partial charge in [-0.2, -0.15) is 0 Å². The molecule has 3 aliphatic carbocycles. The van der Waals surface area contributed by atoms with Gasteiger partial charge < -0.3 is 4.74 Å². The van der Waals surface area contributed by atoms with Gasteiger partial charge in [0.2, 0.25) is 0 Å². The standard InChI is InChI=1S/C26H36F2O/c1-3-4-17-5-6-22-14-21(12-11-20(22)13-17)18-7-9-19(10-8-18)23-15-24(27)26(29-2)25(28)16-23/h3-4,15-22H,5-14H2,1-2H3/b4-3+. The molecule has 4 atom stereocenters. The number of ether oxygens (including phenoxy) is 1. The molecule has 0 aliphatic heterocycles. The molecule has 4 rings (SSSR count). The van der Waals surface area contributed by atoms with Crippen molar-refractivity contribution in [2.24, 2.45) is 29.6 Å². The lowest BCUT2D eigenvalue weighted by molar-refractivity contribution is 0.0718. The van der Waals surface area contributed by atoms with Crippen LogP contribution in [0.2, 0.25) is 0 Å². The Balaban J connectivity index is 1.32. The summed E-state index contributed by atoms with van der Waals surface area (Å²) in [6.07, 6.45) is 17.6. The SMILES string of the molecule is C/C=C/C1CCC2CC(C3CCC(c4cc(F)c(OC)c(F)c4)CC3)CCC2C1. The second kappa shape index (κ2) is 9.18. The van der Waals surface area contributed by atoms with E-state index < -0.39 is 11.6 Å². The van der Waals surface area contributed by atoms with Crippen molar-refractivity contribution in [3.8, 4) is 5.75 Å². The minimum atomic E-state index is -0.573. The Labute approximate surface area is 174 Å². The third kappa shape index (κ3) is 4.54. The first-order valence-corrected chi connectivity index (χ1v) is 11.7. The zero-order chi connectivity index (χ0) is 20.4. The van der Waals surface area contributed by atoms with E-state index in [0.29, 0.717) is 0 Å². The van der Waals surface area contributed by atoms with Crippen molar-refractivity contribution < 1.29 is 13.5 Å². The van der Waals surface area contributed by atoms with Crippen molar-refractivity contribution in [1.29, 1.82) is 0 Å². The summed E-state index contributed by atoms with van der Waals surface area (Å²) in [5.41, 5.74) is 0.810. The number of fused-ring (bicyclic) bond motifs is 1. The number of halogens is 2. The highest BCUT2D eigenvalue weighted by Crippen LogP contribution is 2.50. The minimum absolute atomic E-state index is 0.261. The van der Waals surface area contributed by atoms with Gasteiger partial charge in [0.1, 0.15) is 0 Å². The summed E-state index contributed by atoms with van der Waals surface area (Å²) in [5, 5.41) is 0. The molecule has 0 radical (unpaired) electrons. The van der Waals surface area contributed by atoms with Crippen molar-refractivity contribution in [2.75, 3.05) is 7.11 Å². The first-order valence-electron chi connectivity index (χ1n) is 11.7. The van der Waals surface area contributed by atoms with Gasteiger partial charge in [-0.1, -0.05) is 12.2 Å². The Morgan fingerprint density at radius 3 is 1.97 bits per heavy atom. The monoisotopic (exact) mass is 402 g/mol. The van der Waals surface area contributed by atoms with Crippen LogP contribution in [0.5, 0.6) is 5.75 Å². The number of methoxy groups -OCH3 is 1. The fourth-order valence-corrected chi connectivity index (χ4v) is 6.77. The summed E-state index contributed by atoms with van der Waals surface area (Å²) in [5.74, 6) is 3.28. The molecule has 3 aliphatic rings. The summed E-state index contributed by atoms with van der Waals surface area (Å²) in [4.78, 5) is 0. The number of hydrogen-bond donors (Lipinski definition) is 0. The van der Waals surface area contributed by atoms with Gasteiger partial charge >= 0.3 is 0 Å². The van der Waals surface area contributed by atoms with Crippen LogP contribution < -0.4 is 4.74 Å². The zero-order valence-corrected chi connectivity index (χ0v) is 18.0. The van der Waals surface area contributed by atoms with Crippen molar-refractivity contribution in [1.82, 2.24) is 0 Å². The molecule has 3 heteroatoms. The van der Waals surface area contributed by atoms with Gasteiger partial charge in [-0.05, 0) is 124 Å². The molecular formula is C26H36F2O. The van der Waals surface area contributed by atoms with Gasteiger partial charge in [0.15, 0.2) is 17.4 Å². The lowest BCUT2D eigenvalue weighted by atomic mass is 9.61. The third-order valence-corrected chi connectivity index (χ3v) is 8.29. The van der Waals surface area contributed by atoms with Crippen LogP contribution >= 0.6 is 0 Å². The molecule has 0 N–H and O–H groups in total. The molecule has 1 aromatic carbocycles. The average molecular weight is 403 g/mol. The lowest BCUT2D eigenvalue weighted by Gasteiger charge is -2.45. The number of hydrogen-bond acceptors (Lipinski definition) is 1. The molecule has 0 bridgehead atoms. The quantitative estimate of drug-likeness (QED) is 0.470. The van der Waals surface area contributed by atoms with Crippen LogP contribution in [0, 0.1) is 41.2 Å². The molecule has 3 saturated carbocycles. The Morgan fingerprint density at radius 2 is 1.34 bits per heavy atom. The fourth-order valence-electron chi connectivity index (χ4n) is 6.77. The first-order chi connectivity index (χ1) is 14.1. The number of benzene rings is 1. The van der Waals surface area contributed by atoms with Crippen molar-refractivity contribution >= 4 is 0 Å². The second-order valence-corrected chi connectivity index (χ2v) is 9.82. The maximum atomic E-state index is 14.1. The molecule has 1 nitrogen and oxygen atoms in total. The van der Waals surface area contributed by atoms with Crippen LogP contribution in [0.15, 0.2) is 24.3 Å². The first kappa shape index (κ1) is 20.9. The number of rotatable bonds is 4. The molecule has 0 amide bonds. The van der Waals surface area contributed by atoms with Crippen LogP contribution in [0.1, 0.15) is 82.6 Å². The number of allylic oxidation sites excluding steroid dienone is 2. The summed E-state index contributed by atoms with van der Waals surface area (Å²) < 4.78 is 33.0. The topological polar surface area (TPSA) is 9.23 Å². The van der Waals surface area contributed by atoms with E-state index in [1.165, 1.54) is 70.6 Å². The normalized spacial score (nSPS) is 35.4. The van der Waals surface area contributed by atoms with E-state index in [1.807, 2.05) is 0 Å². The summed E-state index contributed by atoms with van der Waals surface area (Å²) in [7, 11) is 1.31. The smallest absolute Gasteiger partial charge is 0.190 e. The van der Waals surface area contributed by atoms with Gasteiger partial charge in [-0.15, -0.1) is 0 Å². The van der Waals surface area contributed by atoms with E-state index in [2.05, 4.69) is 19.1 Å². The van der Waals surface area contributed by atoms with Crippen molar-refractivity contribution in [3.05, 3.63) is 41.5 Å². The van der Waals surface area contributed by atoms with Gasteiger partial charge in [-0.25, -0.2) is 8.78 Å². The molecular weight excluding hydrogens is 366 g/mol. The molecule has 0 saturated heterocycles. The Kier molecular flexibility index (Phi) is 6.61. The predicted molar refractivity (Wildman–Crippen MR) is 114 cm³/mol. The van der Waals surface area contributed by atoms with Crippen molar-refractivity contribution in [3.63, 3.8) is 0 Å². The molecule has 0 aromatic heterocycles. The maximum Gasteiger partial charge on any atom is 0.190 e. The van der Waals surface area contributed by atoms with E-state index >= 15 is 0 Å². The fraction of sp³-hybridized carbons (Fsp3) is 0.692. The molecule has 0 heterocycles. The second-order valence-electron chi connectivity index (χ2n) is 9.82.